The van der Waals surface area contributed by atoms with Gasteiger partial charge in [0.25, 0.3) is 0 Å². The number of ether oxygens (including phenoxy) is 1. The standard InChI is InChI=1S/C13H18N2O3S/c1-7-4-14-5-9(7)12(16)15-10-8(2)6-19-11(10)13(17)18-3/h6-7,9,14H,4-5H2,1-3H3,(H,15,16). The molecule has 1 aromatic heterocycles. The molecular formula is C13H18N2O3S. The Morgan fingerprint density at radius 2 is 2.21 bits per heavy atom. The molecule has 2 atom stereocenters. The van der Waals surface area contributed by atoms with Gasteiger partial charge in [-0.1, -0.05) is 6.92 Å². The fraction of sp³-hybridized carbons (Fsp3) is 0.538. The van der Waals surface area contributed by atoms with E-state index in [-0.39, 0.29) is 11.8 Å². The van der Waals surface area contributed by atoms with Gasteiger partial charge in [0.05, 0.1) is 18.7 Å². The Bertz CT molecular complexity index is 498. The van der Waals surface area contributed by atoms with E-state index in [1.807, 2.05) is 19.2 Å². The Kier molecular flexibility index (Phi) is 4.21. The molecule has 5 nitrogen and oxygen atoms in total. The number of aryl methyl sites for hydroxylation is 1. The number of carbonyl (C=O) groups excluding carboxylic acids is 2. The van der Waals surface area contributed by atoms with E-state index in [9.17, 15) is 9.59 Å². The molecule has 2 rings (SSSR count). The van der Waals surface area contributed by atoms with E-state index in [0.717, 1.165) is 12.1 Å². The van der Waals surface area contributed by atoms with Crippen LogP contribution in [0.4, 0.5) is 5.69 Å². The van der Waals surface area contributed by atoms with E-state index < -0.39 is 5.97 Å². The number of hydrogen-bond acceptors (Lipinski definition) is 5. The molecule has 6 heteroatoms. The summed E-state index contributed by atoms with van der Waals surface area (Å²) in [6.07, 6.45) is 0. The van der Waals surface area contributed by atoms with Crippen molar-refractivity contribution in [1.82, 2.24) is 5.32 Å². The van der Waals surface area contributed by atoms with Gasteiger partial charge >= 0.3 is 5.97 Å². The number of hydrogen-bond donors (Lipinski definition) is 2. The molecule has 0 radical (unpaired) electrons. The largest absolute Gasteiger partial charge is 0.465 e. The lowest BCUT2D eigenvalue weighted by atomic mass is 9.97. The molecule has 19 heavy (non-hydrogen) atoms. The highest BCUT2D eigenvalue weighted by atomic mass is 32.1. The molecule has 1 saturated heterocycles. The first-order valence-corrected chi connectivity index (χ1v) is 7.10. The second kappa shape index (κ2) is 5.71. The lowest BCUT2D eigenvalue weighted by molar-refractivity contribution is -0.120. The summed E-state index contributed by atoms with van der Waals surface area (Å²) >= 11 is 1.29. The number of methoxy groups -OCH3 is 1. The predicted molar refractivity (Wildman–Crippen MR) is 74.5 cm³/mol. The first-order chi connectivity index (χ1) is 9.04. The molecule has 0 bridgehead atoms. The normalized spacial score (nSPS) is 22.3. The topological polar surface area (TPSA) is 67.4 Å². The molecule has 104 valence electrons. The molecule has 2 unspecified atom stereocenters. The average molecular weight is 282 g/mol. The average Bonchev–Trinajstić information content (AvgIpc) is 2.96. The zero-order valence-electron chi connectivity index (χ0n) is 11.3. The summed E-state index contributed by atoms with van der Waals surface area (Å²) in [7, 11) is 1.34. The Morgan fingerprint density at radius 3 is 2.79 bits per heavy atom. The van der Waals surface area contributed by atoms with Gasteiger partial charge in [0.1, 0.15) is 4.88 Å². The van der Waals surface area contributed by atoms with Gasteiger partial charge in [0.15, 0.2) is 0 Å². The van der Waals surface area contributed by atoms with E-state index in [2.05, 4.69) is 10.6 Å². The van der Waals surface area contributed by atoms with Crippen molar-refractivity contribution < 1.29 is 14.3 Å². The highest BCUT2D eigenvalue weighted by molar-refractivity contribution is 7.12. The van der Waals surface area contributed by atoms with Crippen LogP contribution in [0, 0.1) is 18.8 Å². The molecule has 1 fully saturated rings. The molecule has 0 spiro atoms. The van der Waals surface area contributed by atoms with Gasteiger partial charge in [-0.3, -0.25) is 4.79 Å². The van der Waals surface area contributed by atoms with Crippen LogP contribution in [0.1, 0.15) is 22.2 Å². The lowest BCUT2D eigenvalue weighted by Gasteiger charge is -2.15. The maximum atomic E-state index is 12.2. The Labute approximate surface area is 116 Å². The smallest absolute Gasteiger partial charge is 0.350 e. The van der Waals surface area contributed by atoms with E-state index in [4.69, 9.17) is 4.74 Å². The van der Waals surface area contributed by atoms with Crippen molar-refractivity contribution >= 4 is 28.9 Å². The van der Waals surface area contributed by atoms with Gasteiger partial charge in [0.2, 0.25) is 5.91 Å². The Morgan fingerprint density at radius 1 is 1.47 bits per heavy atom. The van der Waals surface area contributed by atoms with E-state index in [0.29, 0.717) is 23.0 Å². The van der Waals surface area contributed by atoms with E-state index >= 15 is 0 Å². The van der Waals surface area contributed by atoms with Crippen LogP contribution in [0.3, 0.4) is 0 Å². The minimum atomic E-state index is -0.411. The van der Waals surface area contributed by atoms with Crippen LogP contribution in [0.5, 0.6) is 0 Å². The third kappa shape index (κ3) is 2.79. The Balaban J connectivity index is 2.16. The van der Waals surface area contributed by atoms with E-state index in [1.165, 1.54) is 18.4 Å². The molecule has 0 aliphatic carbocycles. The number of thiophene rings is 1. The van der Waals surface area contributed by atoms with Crippen molar-refractivity contribution in [2.45, 2.75) is 13.8 Å². The van der Waals surface area contributed by atoms with Crippen LogP contribution in [0.2, 0.25) is 0 Å². The van der Waals surface area contributed by atoms with Crippen LogP contribution < -0.4 is 10.6 Å². The summed E-state index contributed by atoms with van der Waals surface area (Å²) in [5.41, 5.74) is 1.47. The molecule has 2 N–H and O–H groups in total. The minimum Gasteiger partial charge on any atom is -0.465 e. The summed E-state index contributed by atoms with van der Waals surface area (Å²) in [5.74, 6) is -0.194. The number of amides is 1. The first kappa shape index (κ1) is 14.0. The SMILES string of the molecule is COC(=O)c1scc(C)c1NC(=O)C1CNCC1C. The number of carbonyl (C=O) groups is 2. The maximum Gasteiger partial charge on any atom is 0.350 e. The molecule has 2 heterocycles. The molecule has 0 aromatic carbocycles. The van der Waals surface area contributed by atoms with Gasteiger partial charge in [-0.25, -0.2) is 4.79 Å². The second-order valence-corrected chi connectivity index (χ2v) is 5.73. The quantitative estimate of drug-likeness (QED) is 0.827. The van der Waals surface area contributed by atoms with Gasteiger partial charge in [-0.05, 0) is 30.3 Å². The van der Waals surface area contributed by atoms with Crippen molar-refractivity contribution in [2.75, 3.05) is 25.5 Å². The zero-order chi connectivity index (χ0) is 14.0. The third-order valence-corrected chi connectivity index (χ3v) is 4.53. The van der Waals surface area contributed by atoms with Crippen LogP contribution in [0.15, 0.2) is 5.38 Å². The summed E-state index contributed by atoms with van der Waals surface area (Å²) < 4.78 is 4.73. The van der Waals surface area contributed by atoms with Crippen molar-refractivity contribution in [3.8, 4) is 0 Å². The summed E-state index contributed by atoms with van der Waals surface area (Å²) in [6, 6.07) is 0. The second-order valence-electron chi connectivity index (χ2n) is 4.85. The van der Waals surface area contributed by atoms with Crippen LogP contribution >= 0.6 is 11.3 Å². The fourth-order valence-corrected chi connectivity index (χ4v) is 3.14. The van der Waals surface area contributed by atoms with Crippen LogP contribution in [-0.2, 0) is 9.53 Å². The van der Waals surface area contributed by atoms with Crippen LogP contribution in [-0.4, -0.2) is 32.1 Å². The highest BCUT2D eigenvalue weighted by Crippen LogP contribution is 2.29. The maximum absolute atomic E-state index is 12.2. The van der Waals surface area contributed by atoms with Crippen LogP contribution in [0.25, 0.3) is 0 Å². The molecular weight excluding hydrogens is 264 g/mol. The molecule has 1 aromatic rings. The third-order valence-electron chi connectivity index (χ3n) is 3.45. The summed E-state index contributed by atoms with van der Waals surface area (Å²) in [6.45, 7) is 5.45. The molecule has 0 saturated carbocycles. The number of anilines is 1. The van der Waals surface area contributed by atoms with Crippen molar-refractivity contribution in [1.29, 1.82) is 0 Å². The van der Waals surface area contributed by atoms with Gasteiger partial charge in [-0.15, -0.1) is 11.3 Å². The minimum absolute atomic E-state index is 0.0378. The van der Waals surface area contributed by atoms with Gasteiger partial charge in [0, 0.05) is 6.54 Å². The summed E-state index contributed by atoms with van der Waals surface area (Å²) in [5, 5.41) is 7.92. The highest BCUT2D eigenvalue weighted by Gasteiger charge is 2.30. The lowest BCUT2D eigenvalue weighted by Crippen LogP contribution is -2.28. The summed E-state index contributed by atoms with van der Waals surface area (Å²) in [4.78, 5) is 24.3. The number of rotatable bonds is 3. The van der Waals surface area contributed by atoms with Gasteiger partial charge < -0.3 is 15.4 Å². The van der Waals surface area contributed by atoms with Crippen molar-refractivity contribution in [2.24, 2.45) is 11.8 Å². The monoisotopic (exact) mass is 282 g/mol. The number of nitrogens with one attached hydrogen (secondary N) is 2. The zero-order valence-corrected chi connectivity index (χ0v) is 12.1. The Hall–Kier alpha value is -1.40. The fourth-order valence-electron chi connectivity index (χ4n) is 2.22. The van der Waals surface area contributed by atoms with E-state index in [1.54, 1.807) is 0 Å². The number of esters is 1. The molecule has 1 aliphatic rings. The van der Waals surface area contributed by atoms with Crippen molar-refractivity contribution in [3.63, 3.8) is 0 Å². The first-order valence-electron chi connectivity index (χ1n) is 6.22. The van der Waals surface area contributed by atoms with Gasteiger partial charge in [-0.2, -0.15) is 0 Å². The molecule has 1 amide bonds. The van der Waals surface area contributed by atoms with Crippen molar-refractivity contribution in [3.05, 3.63) is 15.8 Å². The molecule has 1 aliphatic heterocycles. The predicted octanol–water partition coefficient (Wildman–Crippen LogP) is 1.64.